The van der Waals surface area contributed by atoms with Crippen LogP contribution in [-0.2, 0) is 16.0 Å². The Hall–Kier alpha value is -3.23. The number of aryl methyl sites for hydroxylation is 2. The summed E-state index contributed by atoms with van der Waals surface area (Å²) in [5.41, 5.74) is 13.9. The van der Waals surface area contributed by atoms with E-state index >= 15 is 0 Å². The second-order valence-electron chi connectivity index (χ2n) is 5.81. The van der Waals surface area contributed by atoms with Gasteiger partial charge >= 0.3 is 11.9 Å². The van der Waals surface area contributed by atoms with Crippen molar-refractivity contribution in [3.05, 3.63) is 40.7 Å². The molecule has 26 heavy (non-hydrogen) atoms. The highest BCUT2D eigenvalue weighted by molar-refractivity contribution is 6.02. The predicted molar refractivity (Wildman–Crippen MR) is 94.9 cm³/mol. The summed E-state index contributed by atoms with van der Waals surface area (Å²) in [6.07, 6.45) is 4.37. The number of carboxylic acids is 2. The van der Waals surface area contributed by atoms with Crippen molar-refractivity contribution < 1.29 is 24.6 Å². The van der Waals surface area contributed by atoms with Gasteiger partial charge in [0.15, 0.2) is 5.96 Å². The number of amides is 1. The first-order valence-electron chi connectivity index (χ1n) is 7.90. The number of carbonyl (C=O) groups is 3. The average Bonchev–Trinajstić information content (AvgIpc) is 2.53. The Bertz CT molecular complexity index is 751. The molecule has 140 valence electrons. The smallest absolute Gasteiger partial charge is 0.328 e. The lowest BCUT2D eigenvalue weighted by Gasteiger charge is -2.22. The lowest BCUT2D eigenvalue weighted by atomic mass is 9.87. The Labute approximate surface area is 150 Å². The van der Waals surface area contributed by atoms with Gasteiger partial charge < -0.3 is 21.7 Å². The zero-order chi connectivity index (χ0) is 19.9. The van der Waals surface area contributed by atoms with Crippen molar-refractivity contribution in [2.45, 2.75) is 39.0 Å². The molecule has 1 amide bonds. The molecule has 6 N–H and O–H groups in total. The summed E-state index contributed by atoms with van der Waals surface area (Å²) in [6, 6.07) is 1.89. The number of hydrogen-bond donors (Lipinski definition) is 4. The number of nitrogens with two attached hydrogens (primary N) is 2. The first kappa shape index (κ1) is 20.8. The Kier molecular flexibility index (Phi) is 7.45. The number of hydrogen-bond acceptors (Lipinski definition) is 4. The van der Waals surface area contributed by atoms with E-state index in [4.69, 9.17) is 21.7 Å². The van der Waals surface area contributed by atoms with E-state index in [1.54, 1.807) is 0 Å². The molecule has 2 rings (SSSR count). The Morgan fingerprint density at radius 1 is 1.23 bits per heavy atom. The van der Waals surface area contributed by atoms with Gasteiger partial charge in [0.25, 0.3) is 5.91 Å². The molecule has 9 heteroatoms. The van der Waals surface area contributed by atoms with Crippen LogP contribution in [0.2, 0.25) is 0 Å². The highest BCUT2D eigenvalue weighted by Crippen LogP contribution is 2.30. The molecule has 1 aromatic heterocycles. The van der Waals surface area contributed by atoms with Gasteiger partial charge in [0, 0.05) is 17.8 Å². The quantitative estimate of drug-likeness (QED) is 0.350. The van der Waals surface area contributed by atoms with Gasteiger partial charge in [-0.05, 0) is 43.7 Å². The molecule has 0 radical (unpaired) electrons. The molecule has 0 saturated heterocycles. The van der Waals surface area contributed by atoms with E-state index in [0.717, 1.165) is 30.5 Å². The SMILES string of the molecule is Cc1nc2c(cc1C(=O)N=C(N)N)CCCC2C.O=C(O)/C=C\C(=O)O. The fourth-order valence-corrected chi connectivity index (χ4v) is 2.56. The van der Waals surface area contributed by atoms with Crippen molar-refractivity contribution in [1.82, 2.24) is 4.98 Å². The number of fused-ring (bicyclic) bond motifs is 1. The van der Waals surface area contributed by atoms with Crippen LogP contribution in [0.25, 0.3) is 0 Å². The molecular formula is C17H22N4O5. The lowest BCUT2D eigenvalue weighted by molar-refractivity contribution is -0.134. The van der Waals surface area contributed by atoms with Crippen LogP contribution in [0.3, 0.4) is 0 Å². The second kappa shape index (κ2) is 9.30. The van der Waals surface area contributed by atoms with E-state index < -0.39 is 17.8 Å². The van der Waals surface area contributed by atoms with E-state index in [-0.39, 0.29) is 5.96 Å². The predicted octanol–water partition coefficient (Wildman–Crippen LogP) is 0.955. The summed E-state index contributed by atoms with van der Waals surface area (Å²) >= 11 is 0. The molecule has 1 unspecified atom stereocenters. The van der Waals surface area contributed by atoms with E-state index in [2.05, 4.69) is 16.9 Å². The second-order valence-corrected chi connectivity index (χ2v) is 5.81. The van der Waals surface area contributed by atoms with Crippen LogP contribution in [0.4, 0.5) is 0 Å². The summed E-state index contributed by atoms with van der Waals surface area (Å²) in [7, 11) is 0. The van der Waals surface area contributed by atoms with Crippen LogP contribution >= 0.6 is 0 Å². The topological polar surface area (TPSA) is 169 Å². The maximum absolute atomic E-state index is 11.9. The first-order chi connectivity index (χ1) is 12.1. The van der Waals surface area contributed by atoms with Crippen molar-refractivity contribution >= 4 is 23.8 Å². The minimum absolute atomic E-state index is 0.217. The number of aliphatic carboxylic acids is 2. The fraction of sp³-hybridized carbons (Fsp3) is 0.353. The number of aromatic nitrogens is 1. The lowest BCUT2D eigenvalue weighted by Crippen LogP contribution is -2.24. The molecule has 1 aromatic rings. The molecule has 1 atom stereocenters. The van der Waals surface area contributed by atoms with Crippen LogP contribution in [0.5, 0.6) is 0 Å². The zero-order valence-electron chi connectivity index (χ0n) is 14.6. The van der Waals surface area contributed by atoms with Gasteiger partial charge in [0.2, 0.25) is 0 Å². The molecular weight excluding hydrogens is 340 g/mol. The molecule has 0 aromatic carbocycles. The maximum atomic E-state index is 11.9. The molecule has 0 saturated carbocycles. The molecule has 0 fully saturated rings. The number of pyridine rings is 1. The third-order valence-electron chi connectivity index (χ3n) is 3.71. The van der Waals surface area contributed by atoms with Crippen molar-refractivity contribution in [1.29, 1.82) is 0 Å². The zero-order valence-corrected chi connectivity index (χ0v) is 14.6. The minimum Gasteiger partial charge on any atom is -0.478 e. The standard InChI is InChI=1S/C13H18N4O.C4H4O4/c1-7-4-3-5-9-6-10(8(2)16-11(7)9)12(18)17-13(14)15;5-3(6)1-2-4(7)8/h6-7H,3-5H2,1-2H3,(H4,14,15,17,18);1-2H,(H,5,6)(H,7,8)/b;2-1-. The maximum Gasteiger partial charge on any atom is 0.328 e. The summed E-state index contributed by atoms with van der Waals surface area (Å²) in [6.45, 7) is 3.99. The van der Waals surface area contributed by atoms with Crippen LogP contribution in [0.1, 0.15) is 53.0 Å². The van der Waals surface area contributed by atoms with Gasteiger partial charge in [-0.2, -0.15) is 4.99 Å². The number of nitrogens with zero attached hydrogens (tertiary/aromatic N) is 2. The number of rotatable bonds is 3. The average molecular weight is 362 g/mol. The van der Waals surface area contributed by atoms with E-state index in [0.29, 0.717) is 29.3 Å². The largest absolute Gasteiger partial charge is 0.478 e. The highest BCUT2D eigenvalue weighted by atomic mass is 16.4. The first-order valence-corrected chi connectivity index (χ1v) is 7.90. The van der Waals surface area contributed by atoms with Crippen molar-refractivity contribution in [2.24, 2.45) is 16.5 Å². The molecule has 0 bridgehead atoms. The summed E-state index contributed by atoms with van der Waals surface area (Å²) in [5, 5.41) is 15.6. The van der Waals surface area contributed by atoms with Crippen LogP contribution in [-0.4, -0.2) is 39.0 Å². The number of guanidine groups is 1. The van der Waals surface area contributed by atoms with Crippen molar-refractivity contribution in [2.75, 3.05) is 0 Å². The minimum atomic E-state index is -1.26. The van der Waals surface area contributed by atoms with Crippen molar-refractivity contribution in [3.8, 4) is 0 Å². The van der Waals surface area contributed by atoms with E-state index in [1.165, 1.54) is 0 Å². The Morgan fingerprint density at radius 2 is 1.81 bits per heavy atom. The monoisotopic (exact) mass is 362 g/mol. The van der Waals surface area contributed by atoms with Gasteiger partial charge in [-0.3, -0.25) is 9.78 Å². The molecule has 1 heterocycles. The van der Waals surface area contributed by atoms with E-state index in [9.17, 15) is 14.4 Å². The van der Waals surface area contributed by atoms with Crippen LogP contribution in [0.15, 0.2) is 23.2 Å². The molecule has 9 nitrogen and oxygen atoms in total. The summed E-state index contributed by atoms with van der Waals surface area (Å²) < 4.78 is 0. The number of carboxylic acid groups (broad SMARTS) is 2. The van der Waals surface area contributed by atoms with Crippen LogP contribution < -0.4 is 11.5 Å². The summed E-state index contributed by atoms with van der Waals surface area (Å²) in [4.78, 5) is 39.1. The van der Waals surface area contributed by atoms with Gasteiger partial charge in [-0.15, -0.1) is 0 Å². The van der Waals surface area contributed by atoms with Crippen molar-refractivity contribution in [3.63, 3.8) is 0 Å². The molecule has 1 aliphatic carbocycles. The fourth-order valence-electron chi connectivity index (χ4n) is 2.56. The normalized spacial score (nSPS) is 15.4. The van der Waals surface area contributed by atoms with E-state index in [1.807, 2.05) is 13.0 Å². The van der Waals surface area contributed by atoms with Gasteiger partial charge in [-0.1, -0.05) is 6.92 Å². The third-order valence-corrected chi connectivity index (χ3v) is 3.71. The number of carbonyl (C=O) groups excluding carboxylic acids is 1. The Morgan fingerprint density at radius 3 is 2.31 bits per heavy atom. The number of aliphatic imine (C=N–C) groups is 1. The van der Waals surface area contributed by atoms with Gasteiger partial charge in [-0.25, -0.2) is 9.59 Å². The molecule has 0 spiro atoms. The summed E-state index contributed by atoms with van der Waals surface area (Å²) in [5.74, 6) is -2.69. The van der Waals surface area contributed by atoms with Gasteiger partial charge in [0.05, 0.1) is 11.3 Å². The van der Waals surface area contributed by atoms with Crippen LogP contribution in [0, 0.1) is 6.92 Å². The highest BCUT2D eigenvalue weighted by Gasteiger charge is 2.21. The molecule has 1 aliphatic rings. The third kappa shape index (κ3) is 6.34. The Balaban J connectivity index is 0.000000359. The molecule has 0 aliphatic heterocycles. The van der Waals surface area contributed by atoms with Gasteiger partial charge in [0.1, 0.15) is 0 Å².